The minimum atomic E-state index is -0.141. The Labute approximate surface area is 135 Å². The van der Waals surface area contributed by atoms with Crippen LogP contribution in [0.2, 0.25) is 5.15 Å². The minimum absolute atomic E-state index is 0.141. The summed E-state index contributed by atoms with van der Waals surface area (Å²) in [6.07, 6.45) is 6.00. The molecule has 0 aliphatic carbocycles. The molecule has 3 heterocycles. The number of carbonyl (C=O) groups is 1. The number of amides is 1. The Morgan fingerprint density at radius 2 is 2.23 bits per heavy atom. The zero-order valence-corrected chi connectivity index (χ0v) is 13.6. The van der Waals surface area contributed by atoms with Gasteiger partial charge in [0.2, 0.25) is 5.91 Å². The molecule has 0 aromatic carbocycles. The molecule has 22 heavy (non-hydrogen) atoms. The minimum Gasteiger partial charge on any atom is -0.370 e. The lowest BCUT2D eigenvalue weighted by Gasteiger charge is -2.42. The van der Waals surface area contributed by atoms with Gasteiger partial charge in [0.25, 0.3) is 0 Å². The summed E-state index contributed by atoms with van der Waals surface area (Å²) in [4.78, 5) is 14.2. The molecule has 0 bridgehead atoms. The zero-order valence-electron chi connectivity index (χ0n) is 12.8. The first-order valence-corrected chi connectivity index (χ1v) is 8.15. The van der Waals surface area contributed by atoms with Gasteiger partial charge in [0.05, 0.1) is 12.2 Å². The van der Waals surface area contributed by atoms with E-state index in [0.717, 1.165) is 39.0 Å². The highest BCUT2D eigenvalue weighted by atomic mass is 35.5. The van der Waals surface area contributed by atoms with Gasteiger partial charge in [-0.05, 0) is 26.2 Å². The molecule has 0 radical (unpaired) electrons. The highest BCUT2D eigenvalue weighted by Crippen LogP contribution is 2.33. The third-order valence-corrected chi connectivity index (χ3v) is 4.65. The first-order chi connectivity index (χ1) is 10.6. The third kappa shape index (κ3) is 3.52. The number of piperidine rings is 1. The Morgan fingerprint density at radius 1 is 1.45 bits per heavy atom. The first kappa shape index (κ1) is 15.6. The molecule has 120 valence electrons. The Morgan fingerprint density at radius 3 is 2.86 bits per heavy atom. The fourth-order valence-electron chi connectivity index (χ4n) is 3.20. The number of carbonyl (C=O) groups excluding carboxylic acids is 1. The quantitative estimate of drug-likeness (QED) is 0.802. The third-order valence-electron chi connectivity index (χ3n) is 4.47. The molecular weight excluding hydrogens is 304 g/mol. The topological polar surface area (TPSA) is 55.6 Å². The van der Waals surface area contributed by atoms with Crippen molar-refractivity contribution in [2.45, 2.75) is 44.6 Å². The van der Waals surface area contributed by atoms with Crippen LogP contribution in [0.1, 0.15) is 38.4 Å². The van der Waals surface area contributed by atoms with E-state index in [1.807, 2.05) is 4.90 Å². The molecule has 6 heteroatoms. The van der Waals surface area contributed by atoms with Gasteiger partial charge in [0, 0.05) is 32.0 Å². The molecule has 1 aromatic heterocycles. The van der Waals surface area contributed by atoms with Gasteiger partial charge in [-0.3, -0.25) is 4.79 Å². The summed E-state index contributed by atoms with van der Waals surface area (Å²) in [5, 5.41) is 3.95. The number of halogens is 1. The standard InChI is InChI=1S/C16H21ClN2O3/c1-12-4-9-21-16(11-12)5-7-19(8-6-16)15(20)3-2-13-10-14(17)18-22-13/h10-11H,2-9H2,1H3. The SMILES string of the molecule is CC1=CC2(CCN(C(=O)CCc3cc(Cl)no3)CC2)OCC1. The van der Waals surface area contributed by atoms with Gasteiger partial charge < -0.3 is 14.2 Å². The summed E-state index contributed by atoms with van der Waals surface area (Å²) >= 11 is 5.70. The lowest BCUT2D eigenvalue weighted by molar-refractivity contribution is -0.136. The summed E-state index contributed by atoms with van der Waals surface area (Å²) < 4.78 is 11.0. The molecular formula is C16H21ClN2O3. The van der Waals surface area contributed by atoms with E-state index in [9.17, 15) is 4.79 Å². The lowest BCUT2D eigenvalue weighted by atomic mass is 9.87. The Bertz CT molecular complexity index is 574. The summed E-state index contributed by atoms with van der Waals surface area (Å²) in [6.45, 7) is 4.45. The van der Waals surface area contributed by atoms with Crippen LogP contribution in [0.25, 0.3) is 0 Å². The number of likely N-dealkylation sites (tertiary alicyclic amines) is 1. The van der Waals surface area contributed by atoms with Gasteiger partial charge in [-0.15, -0.1) is 0 Å². The van der Waals surface area contributed by atoms with E-state index in [1.54, 1.807) is 6.07 Å². The van der Waals surface area contributed by atoms with E-state index in [0.29, 0.717) is 23.8 Å². The largest absolute Gasteiger partial charge is 0.370 e. The highest BCUT2D eigenvalue weighted by Gasteiger charge is 2.36. The molecule has 2 aliphatic heterocycles. The average molecular weight is 325 g/mol. The van der Waals surface area contributed by atoms with Crippen molar-refractivity contribution in [3.05, 3.63) is 28.6 Å². The maximum absolute atomic E-state index is 12.3. The second-order valence-electron chi connectivity index (χ2n) is 6.15. The number of aryl methyl sites for hydroxylation is 1. The molecule has 5 nitrogen and oxygen atoms in total. The van der Waals surface area contributed by atoms with Crippen LogP contribution < -0.4 is 0 Å². The number of hydrogen-bond donors (Lipinski definition) is 0. The monoisotopic (exact) mass is 324 g/mol. The summed E-state index contributed by atoms with van der Waals surface area (Å²) in [5.74, 6) is 0.805. The fraction of sp³-hybridized carbons (Fsp3) is 0.625. The van der Waals surface area contributed by atoms with E-state index >= 15 is 0 Å². The molecule has 0 N–H and O–H groups in total. The van der Waals surface area contributed by atoms with E-state index in [2.05, 4.69) is 18.2 Å². The lowest BCUT2D eigenvalue weighted by Crippen LogP contribution is -2.48. The van der Waals surface area contributed by atoms with Crippen molar-refractivity contribution < 1.29 is 14.1 Å². The van der Waals surface area contributed by atoms with E-state index in [1.165, 1.54) is 5.57 Å². The Balaban J connectivity index is 1.50. The van der Waals surface area contributed by atoms with Crippen molar-refractivity contribution >= 4 is 17.5 Å². The number of hydrogen-bond acceptors (Lipinski definition) is 4. The molecule has 1 fully saturated rings. The van der Waals surface area contributed by atoms with Gasteiger partial charge in [-0.2, -0.15) is 0 Å². The van der Waals surface area contributed by atoms with Gasteiger partial charge >= 0.3 is 0 Å². The van der Waals surface area contributed by atoms with Crippen molar-refractivity contribution in [3.63, 3.8) is 0 Å². The van der Waals surface area contributed by atoms with Crippen molar-refractivity contribution in [2.75, 3.05) is 19.7 Å². The molecule has 1 saturated heterocycles. The number of aromatic nitrogens is 1. The molecule has 1 aromatic rings. The van der Waals surface area contributed by atoms with E-state index in [4.69, 9.17) is 20.9 Å². The normalized spacial score (nSPS) is 21.0. The predicted molar refractivity (Wildman–Crippen MR) is 82.7 cm³/mol. The summed E-state index contributed by atoms with van der Waals surface area (Å²) in [5.41, 5.74) is 1.26. The van der Waals surface area contributed by atoms with Crippen LogP contribution in [0, 0.1) is 0 Å². The number of nitrogens with zero attached hydrogens (tertiary/aromatic N) is 2. The van der Waals surface area contributed by atoms with Crippen molar-refractivity contribution in [1.82, 2.24) is 10.1 Å². The van der Waals surface area contributed by atoms with Crippen molar-refractivity contribution in [1.29, 1.82) is 0 Å². The predicted octanol–water partition coefficient (Wildman–Crippen LogP) is 2.99. The van der Waals surface area contributed by atoms with Gasteiger partial charge in [0.1, 0.15) is 5.76 Å². The van der Waals surface area contributed by atoms with Gasteiger partial charge in [-0.1, -0.05) is 28.4 Å². The fourth-order valence-corrected chi connectivity index (χ4v) is 3.35. The summed E-state index contributed by atoms with van der Waals surface area (Å²) in [6, 6.07) is 1.66. The molecule has 0 atom stereocenters. The van der Waals surface area contributed by atoms with Crippen LogP contribution in [0.5, 0.6) is 0 Å². The van der Waals surface area contributed by atoms with Crippen molar-refractivity contribution in [2.24, 2.45) is 0 Å². The van der Waals surface area contributed by atoms with Crippen LogP contribution >= 0.6 is 11.6 Å². The number of ether oxygens (including phenoxy) is 1. The van der Waals surface area contributed by atoms with Gasteiger partial charge in [0.15, 0.2) is 5.15 Å². The number of rotatable bonds is 3. The Hall–Kier alpha value is -1.33. The van der Waals surface area contributed by atoms with Crippen LogP contribution in [-0.4, -0.2) is 41.3 Å². The molecule has 0 saturated carbocycles. The second-order valence-corrected chi connectivity index (χ2v) is 6.54. The van der Waals surface area contributed by atoms with Crippen LogP contribution in [0.15, 0.2) is 22.2 Å². The second kappa shape index (κ2) is 6.42. The van der Waals surface area contributed by atoms with Crippen LogP contribution in [-0.2, 0) is 16.0 Å². The van der Waals surface area contributed by atoms with Crippen LogP contribution in [0.4, 0.5) is 0 Å². The molecule has 1 amide bonds. The Kier molecular flexibility index (Phi) is 4.54. The van der Waals surface area contributed by atoms with Gasteiger partial charge in [-0.25, -0.2) is 0 Å². The average Bonchev–Trinajstić information content (AvgIpc) is 2.91. The van der Waals surface area contributed by atoms with E-state index in [-0.39, 0.29) is 11.5 Å². The van der Waals surface area contributed by atoms with E-state index < -0.39 is 0 Å². The highest BCUT2D eigenvalue weighted by molar-refractivity contribution is 6.29. The maximum Gasteiger partial charge on any atom is 0.223 e. The van der Waals surface area contributed by atoms with Crippen molar-refractivity contribution in [3.8, 4) is 0 Å². The molecule has 3 rings (SSSR count). The molecule has 2 aliphatic rings. The zero-order chi connectivity index (χ0) is 15.6. The smallest absolute Gasteiger partial charge is 0.223 e. The van der Waals surface area contributed by atoms with Crippen LogP contribution in [0.3, 0.4) is 0 Å². The first-order valence-electron chi connectivity index (χ1n) is 7.77. The molecule has 1 spiro atoms. The summed E-state index contributed by atoms with van der Waals surface area (Å²) in [7, 11) is 0. The maximum atomic E-state index is 12.3. The molecule has 0 unspecified atom stereocenters.